The van der Waals surface area contributed by atoms with Crippen LogP contribution in [0.2, 0.25) is 0 Å². The molecule has 1 aromatic rings. The number of carbonyl (C=O) groups is 1. The SMILES string of the molecule is CCCC(N)C(=O)Nc1ccc(C(C)(C)C)cc1. The Morgan fingerprint density at radius 3 is 2.28 bits per heavy atom. The van der Waals surface area contributed by atoms with Crippen molar-refractivity contribution in [3.05, 3.63) is 29.8 Å². The van der Waals surface area contributed by atoms with Crippen molar-refractivity contribution in [2.45, 2.75) is 52.0 Å². The lowest BCUT2D eigenvalue weighted by atomic mass is 9.87. The molecule has 3 heteroatoms. The first-order chi connectivity index (χ1) is 8.34. The van der Waals surface area contributed by atoms with Gasteiger partial charge in [-0.2, -0.15) is 0 Å². The van der Waals surface area contributed by atoms with E-state index in [2.05, 4.69) is 26.1 Å². The van der Waals surface area contributed by atoms with Gasteiger partial charge in [-0.05, 0) is 29.5 Å². The van der Waals surface area contributed by atoms with Crippen molar-refractivity contribution in [1.29, 1.82) is 0 Å². The number of carbonyl (C=O) groups excluding carboxylic acids is 1. The highest BCUT2D eigenvalue weighted by Crippen LogP contribution is 2.23. The molecule has 0 fully saturated rings. The number of rotatable bonds is 4. The van der Waals surface area contributed by atoms with Gasteiger partial charge in [-0.15, -0.1) is 0 Å². The van der Waals surface area contributed by atoms with Crippen LogP contribution in [0, 0.1) is 0 Å². The van der Waals surface area contributed by atoms with E-state index in [1.165, 1.54) is 5.56 Å². The van der Waals surface area contributed by atoms with Crippen molar-refractivity contribution in [1.82, 2.24) is 0 Å². The van der Waals surface area contributed by atoms with Crippen LogP contribution in [-0.4, -0.2) is 11.9 Å². The summed E-state index contributed by atoms with van der Waals surface area (Å²) in [4.78, 5) is 11.7. The Kier molecular flexibility index (Phi) is 4.91. The van der Waals surface area contributed by atoms with Crippen LogP contribution in [0.4, 0.5) is 5.69 Å². The Labute approximate surface area is 110 Å². The Hall–Kier alpha value is -1.35. The Balaban J connectivity index is 2.67. The number of amides is 1. The molecule has 3 nitrogen and oxygen atoms in total. The predicted molar refractivity (Wildman–Crippen MR) is 76.7 cm³/mol. The third-order valence-electron chi connectivity index (χ3n) is 2.95. The monoisotopic (exact) mass is 248 g/mol. The summed E-state index contributed by atoms with van der Waals surface area (Å²) >= 11 is 0. The molecule has 0 heterocycles. The maximum atomic E-state index is 11.7. The highest BCUT2D eigenvalue weighted by molar-refractivity contribution is 5.94. The van der Waals surface area contributed by atoms with Gasteiger partial charge in [0.15, 0.2) is 0 Å². The van der Waals surface area contributed by atoms with Gasteiger partial charge in [-0.25, -0.2) is 0 Å². The quantitative estimate of drug-likeness (QED) is 0.860. The van der Waals surface area contributed by atoms with Gasteiger partial charge in [0.1, 0.15) is 0 Å². The topological polar surface area (TPSA) is 55.1 Å². The molecule has 3 N–H and O–H groups in total. The normalized spacial score (nSPS) is 13.2. The molecule has 0 saturated carbocycles. The van der Waals surface area contributed by atoms with Crippen LogP contribution in [0.15, 0.2) is 24.3 Å². The molecule has 0 aliphatic carbocycles. The van der Waals surface area contributed by atoms with E-state index in [9.17, 15) is 4.79 Å². The Morgan fingerprint density at radius 1 is 1.28 bits per heavy atom. The average Bonchev–Trinajstić information content (AvgIpc) is 2.28. The summed E-state index contributed by atoms with van der Waals surface area (Å²) in [7, 11) is 0. The molecule has 0 bridgehead atoms. The standard InChI is InChI=1S/C15H24N2O/c1-5-6-13(16)14(18)17-12-9-7-11(8-10-12)15(2,3)4/h7-10,13H,5-6,16H2,1-4H3,(H,17,18). The number of anilines is 1. The molecule has 1 aromatic carbocycles. The number of nitrogens with one attached hydrogen (secondary N) is 1. The molecule has 18 heavy (non-hydrogen) atoms. The van der Waals surface area contributed by atoms with Crippen LogP contribution in [0.5, 0.6) is 0 Å². The minimum absolute atomic E-state index is 0.111. The van der Waals surface area contributed by atoms with E-state index in [1.54, 1.807) is 0 Å². The van der Waals surface area contributed by atoms with Gasteiger partial charge in [-0.3, -0.25) is 4.79 Å². The maximum absolute atomic E-state index is 11.7. The fourth-order valence-corrected chi connectivity index (χ4v) is 1.73. The van der Waals surface area contributed by atoms with Crippen LogP contribution in [0.1, 0.15) is 46.1 Å². The smallest absolute Gasteiger partial charge is 0.241 e. The largest absolute Gasteiger partial charge is 0.325 e. The van der Waals surface area contributed by atoms with Gasteiger partial charge in [0.05, 0.1) is 6.04 Å². The summed E-state index contributed by atoms with van der Waals surface area (Å²) in [6.07, 6.45) is 1.63. The van der Waals surface area contributed by atoms with Crippen molar-refractivity contribution in [3.8, 4) is 0 Å². The van der Waals surface area contributed by atoms with Gasteiger partial charge in [-0.1, -0.05) is 46.2 Å². The Morgan fingerprint density at radius 2 is 1.83 bits per heavy atom. The molecular formula is C15H24N2O. The Bertz CT molecular complexity index is 390. The first kappa shape index (κ1) is 14.7. The van der Waals surface area contributed by atoms with Gasteiger partial charge in [0.2, 0.25) is 5.91 Å². The summed E-state index contributed by atoms with van der Waals surface area (Å²) in [5, 5.41) is 2.84. The van der Waals surface area contributed by atoms with Gasteiger partial charge < -0.3 is 11.1 Å². The average molecular weight is 248 g/mol. The fourth-order valence-electron chi connectivity index (χ4n) is 1.73. The van der Waals surface area contributed by atoms with Crippen molar-refractivity contribution in [3.63, 3.8) is 0 Å². The van der Waals surface area contributed by atoms with E-state index in [-0.39, 0.29) is 11.3 Å². The van der Waals surface area contributed by atoms with Crippen molar-refractivity contribution < 1.29 is 4.79 Å². The minimum Gasteiger partial charge on any atom is -0.325 e. The molecule has 0 aliphatic rings. The number of benzene rings is 1. The van der Waals surface area contributed by atoms with E-state index < -0.39 is 6.04 Å². The second-order valence-corrected chi connectivity index (χ2v) is 5.71. The minimum atomic E-state index is -0.419. The highest BCUT2D eigenvalue weighted by atomic mass is 16.2. The molecule has 100 valence electrons. The van der Waals surface area contributed by atoms with E-state index in [1.807, 2.05) is 31.2 Å². The lowest BCUT2D eigenvalue weighted by molar-refractivity contribution is -0.117. The molecule has 0 aliphatic heterocycles. The molecule has 1 atom stereocenters. The molecule has 1 amide bonds. The summed E-state index contributed by atoms with van der Waals surface area (Å²) in [5.74, 6) is -0.111. The van der Waals surface area contributed by atoms with Crippen LogP contribution < -0.4 is 11.1 Å². The summed E-state index contributed by atoms with van der Waals surface area (Å²) in [5.41, 5.74) is 7.94. The zero-order valence-electron chi connectivity index (χ0n) is 11.8. The lowest BCUT2D eigenvalue weighted by Crippen LogP contribution is -2.35. The number of nitrogens with two attached hydrogens (primary N) is 1. The molecule has 0 spiro atoms. The molecule has 1 rings (SSSR count). The molecule has 0 radical (unpaired) electrons. The maximum Gasteiger partial charge on any atom is 0.241 e. The van der Waals surface area contributed by atoms with E-state index in [0.29, 0.717) is 6.42 Å². The number of hydrogen-bond acceptors (Lipinski definition) is 2. The van der Waals surface area contributed by atoms with Crippen LogP contribution >= 0.6 is 0 Å². The van der Waals surface area contributed by atoms with Crippen LogP contribution in [-0.2, 0) is 10.2 Å². The van der Waals surface area contributed by atoms with Crippen molar-refractivity contribution >= 4 is 11.6 Å². The predicted octanol–water partition coefficient (Wildman–Crippen LogP) is 3.05. The van der Waals surface area contributed by atoms with E-state index >= 15 is 0 Å². The first-order valence-electron chi connectivity index (χ1n) is 6.51. The molecule has 0 aromatic heterocycles. The zero-order chi connectivity index (χ0) is 13.8. The molecule has 1 unspecified atom stereocenters. The first-order valence-corrected chi connectivity index (χ1v) is 6.51. The highest BCUT2D eigenvalue weighted by Gasteiger charge is 2.15. The van der Waals surface area contributed by atoms with E-state index in [4.69, 9.17) is 5.73 Å². The summed E-state index contributed by atoms with van der Waals surface area (Å²) in [6, 6.07) is 7.52. The second-order valence-electron chi connectivity index (χ2n) is 5.71. The molecular weight excluding hydrogens is 224 g/mol. The van der Waals surface area contributed by atoms with Gasteiger partial charge in [0.25, 0.3) is 0 Å². The molecule has 0 saturated heterocycles. The lowest BCUT2D eigenvalue weighted by Gasteiger charge is -2.19. The number of hydrogen-bond donors (Lipinski definition) is 2. The summed E-state index contributed by atoms with van der Waals surface area (Å²) in [6.45, 7) is 8.51. The second kappa shape index (κ2) is 6.01. The van der Waals surface area contributed by atoms with Crippen molar-refractivity contribution in [2.24, 2.45) is 5.73 Å². The zero-order valence-corrected chi connectivity index (χ0v) is 11.8. The van der Waals surface area contributed by atoms with Gasteiger partial charge >= 0.3 is 0 Å². The van der Waals surface area contributed by atoms with E-state index in [0.717, 1.165) is 12.1 Å². The van der Waals surface area contributed by atoms with Crippen molar-refractivity contribution in [2.75, 3.05) is 5.32 Å². The van der Waals surface area contributed by atoms with Crippen LogP contribution in [0.3, 0.4) is 0 Å². The van der Waals surface area contributed by atoms with Crippen LogP contribution in [0.25, 0.3) is 0 Å². The fraction of sp³-hybridized carbons (Fsp3) is 0.533. The third kappa shape index (κ3) is 4.15. The third-order valence-corrected chi connectivity index (χ3v) is 2.95. The van der Waals surface area contributed by atoms with Gasteiger partial charge in [0, 0.05) is 5.69 Å². The summed E-state index contributed by atoms with van der Waals surface area (Å²) < 4.78 is 0.